The third-order valence-electron chi connectivity index (χ3n) is 6.85. The molecule has 4 saturated carbocycles. The number of carbonyl (C=O) groups is 2. The minimum Gasteiger partial charge on any atom is -0.421 e. The van der Waals surface area contributed by atoms with Gasteiger partial charge >= 0.3 is 11.9 Å². The molecule has 1 saturated heterocycles. The standard InChI is InChI=1S/C13H16O4.C10H7I/c14-11-6-12(15)17-13(16-11)9-2-7-1-8(4-9)5-10(13)3-7;11-10-7-3-5-8-4-1-2-6-9(8)10/h7-10H,1-6H2;1-7H/t7-,8-,9-,10+;. The molecule has 4 bridgehead atoms. The Bertz CT molecular complexity index is 886. The van der Waals surface area contributed by atoms with Crippen LogP contribution in [0, 0.1) is 27.2 Å². The fourth-order valence-electron chi connectivity index (χ4n) is 5.93. The molecule has 5 fully saturated rings. The van der Waals surface area contributed by atoms with Crippen LogP contribution in [0.5, 0.6) is 0 Å². The Labute approximate surface area is 178 Å². The summed E-state index contributed by atoms with van der Waals surface area (Å²) >= 11 is 2.36. The van der Waals surface area contributed by atoms with Gasteiger partial charge in [0.15, 0.2) is 0 Å². The van der Waals surface area contributed by atoms with Crippen LogP contribution in [0.3, 0.4) is 0 Å². The molecule has 0 atom stereocenters. The van der Waals surface area contributed by atoms with Crippen molar-refractivity contribution in [3.05, 3.63) is 46.0 Å². The number of rotatable bonds is 0. The molecule has 28 heavy (non-hydrogen) atoms. The van der Waals surface area contributed by atoms with Crippen molar-refractivity contribution in [2.24, 2.45) is 23.7 Å². The molecular weight excluding hydrogens is 467 g/mol. The van der Waals surface area contributed by atoms with Gasteiger partial charge in [0.25, 0.3) is 5.79 Å². The van der Waals surface area contributed by atoms with Crippen LogP contribution < -0.4 is 0 Å². The van der Waals surface area contributed by atoms with Crippen molar-refractivity contribution in [2.75, 3.05) is 0 Å². The van der Waals surface area contributed by atoms with Gasteiger partial charge in [-0.25, -0.2) is 0 Å². The largest absolute Gasteiger partial charge is 0.421 e. The summed E-state index contributed by atoms with van der Waals surface area (Å²) in [5.74, 6) is 0.381. The maximum atomic E-state index is 11.5. The van der Waals surface area contributed by atoms with Gasteiger partial charge in [0, 0.05) is 15.4 Å². The van der Waals surface area contributed by atoms with E-state index in [1.807, 2.05) is 0 Å². The smallest absolute Gasteiger partial charge is 0.320 e. The Morgan fingerprint density at radius 2 is 1.36 bits per heavy atom. The highest BCUT2D eigenvalue weighted by Crippen LogP contribution is 2.60. The van der Waals surface area contributed by atoms with E-state index < -0.39 is 17.7 Å². The molecule has 4 nitrogen and oxygen atoms in total. The minimum absolute atomic E-state index is 0.214. The highest BCUT2D eigenvalue weighted by Gasteiger charge is 2.63. The van der Waals surface area contributed by atoms with Crippen LogP contribution in [-0.2, 0) is 19.1 Å². The van der Waals surface area contributed by atoms with Crippen LogP contribution in [-0.4, -0.2) is 17.7 Å². The summed E-state index contributed by atoms with van der Waals surface area (Å²) in [6.45, 7) is 0. The molecule has 0 radical (unpaired) electrons. The minimum atomic E-state index is -0.875. The zero-order chi connectivity index (χ0) is 19.3. The van der Waals surface area contributed by atoms with Gasteiger partial charge in [0.1, 0.15) is 6.42 Å². The van der Waals surface area contributed by atoms with Crippen molar-refractivity contribution in [1.82, 2.24) is 0 Å². The average molecular weight is 490 g/mol. The third-order valence-corrected chi connectivity index (χ3v) is 7.79. The average Bonchev–Trinajstić information content (AvgIpc) is 2.66. The molecule has 2 aromatic rings. The fourth-order valence-corrected chi connectivity index (χ4v) is 6.63. The van der Waals surface area contributed by atoms with E-state index >= 15 is 0 Å². The molecule has 2 aromatic carbocycles. The first kappa shape index (κ1) is 18.4. The summed E-state index contributed by atoms with van der Waals surface area (Å²) in [5.41, 5.74) is 0. The predicted molar refractivity (Wildman–Crippen MR) is 113 cm³/mol. The van der Waals surface area contributed by atoms with Crippen LogP contribution in [0.15, 0.2) is 42.5 Å². The zero-order valence-corrected chi connectivity index (χ0v) is 17.8. The summed E-state index contributed by atoms with van der Waals surface area (Å²) < 4.78 is 12.4. The van der Waals surface area contributed by atoms with E-state index in [1.54, 1.807) is 0 Å². The molecule has 0 aromatic heterocycles. The van der Waals surface area contributed by atoms with E-state index in [2.05, 4.69) is 65.1 Å². The van der Waals surface area contributed by atoms with Gasteiger partial charge in [-0.05, 0) is 83.4 Å². The summed E-state index contributed by atoms with van der Waals surface area (Å²) in [6.07, 6.45) is 5.36. The topological polar surface area (TPSA) is 52.6 Å². The van der Waals surface area contributed by atoms with E-state index in [0.29, 0.717) is 0 Å². The number of ether oxygens (including phenoxy) is 2. The Hall–Kier alpha value is -1.63. The zero-order valence-electron chi connectivity index (χ0n) is 15.6. The molecule has 1 heterocycles. The van der Waals surface area contributed by atoms with Gasteiger partial charge in [-0.1, -0.05) is 36.4 Å². The molecule has 0 amide bonds. The van der Waals surface area contributed by atoms with Crippen LogP contribution >= 0.6 is 22.6 Å². The number of fused-ring (bicyclic) bond motifs is 1. The van der Waals surface area contributed by atoms with Gasteiger partial charge < -0.3 is 9.47 Å². The summed E-state index contributed by atoms with van der Waals surface area (Å²) in [6, 6.07) is 14.8. The molecule has 1 aliphatic heterocycles. The Kier molecular flexibility index (Phi) is 4.61. The van der Waals surface area contributed by atoms with E-state index in [9.17, 15) is 9.59 Å². The van der Waals surface area contributed by atoms with Crippen LogP contribution in [0.25, 0.3) is 10.8 Å². The van der Waals surface area contributed by atoms with Crippen molar-refractivity contribution >= 4 is 45.3 Å². The molecule has 146 valence electrons. The molecule has 5 aliphatic rings. The van der Waals surface area contributed by atoms with Crippen molar-refractivity contribution in [3.63, 3.8) is 0 Å². The Morgan fingerprint density at radius 1 is 0.786 bits per heavy atom. The van der Waals surface area contributed by atoms with Gasteiger partial charge in [-0.2, -0.15) is 0 Å². The molecule has 0 unspecified atom stereocenters. The van der Waals surface area contributed by atoms with Gasteiger partial charge in [-0.15, -0.1) is 0 Å². The first-order valence-corrected chi connectivity index (χ1v) is 11.2. The lowest BCUT2D eigenvalue weighted by Gasteiger charge is -2.59. The van der Waals surface area contributed by atoms with Crippen LogP contribution in [0.2, 0.25) is 0 Å². The monoisotopic (exact) mass is 490 g/mol. The predicted octanol–water partition coefficient (Wildman–Crippen LogP) is 5.07. The van der Waals surface area contributed by atoms with Crippen molar-refractivity contribution in [2.45, 2.75) is 44.3 Å². The lowest BCUT2D eigenvalue weighted by molar-refractivity contribution is -0.319. The normalized spacial score (nSPS) is 31.9. The first-order chi connectivity index (χ1) is 13.5. The van der Waals surface area contributed by atoms with Crippen LogP contribution in [0.1, 0.15) is 38.5 Å². The maximum absolute atomic E-state index is 11.5. The second-order valence-corrected chi connectivity index (χ2v) is 9.77. The molecule has 1 spiro atoms. The second-order valence-electron chi connectivity index (χ2n) is 8.61. The second kappa shape index (κ2) is 7.01. The van der Waals surface area contributed by atoms with E-state index in [0.717, 1.165) is 37.5 Å². The van der Waals surface area contributed by atoms with E-state index in [-0.39, 0.29) is 18.3 Å². The summed E-state index contributed by atoms with van der Waals surface area (Å²) in [5, 5.41) is 2.66. The molecular formula is C23H23IO4. The number of carbonyl (C=O) groups excluding carboxylic acids is 2. The lowest BCUT2D eigenvalue weighted by Crippen LogP contribution is -2.63. The highest BCUT2D eigenvalue weighted by atomic mass is 127. The number of hydrogen-bond acceptors (Lipinski definition) is 4. The SMILES string of the molecule is Ic1cccc2ccccc12.O=C1CC(=O)OC2(O1)[C@H]1C[C@H]3C[C@H](C1)C[C@H]2C3. The van der Waals surface area contributed by atoms with Crippen molar-refractivity contribution in [1.29, 1.82) is 0 Å². The fraction of sp³-hybridized carbons (Fsp3) is 0.478. The number of esters is 2. The van der Waals surface area contributed by atoms with Crippen molar-refractivity contribution < 1.29 is 19.1 Å². The van der Waals surface area contributed by atoms with Gasteiger partial charge in [0.2, 0.25) is 0 Å². The van der Waals surface area contributed by atoms with Crippen LogP contribution in [0.4, 0.5) is 0 Å². The van der Waals surface area contributed by atoms with E-state index in [4.69, 9.17) is 9.47 Å². The Morgan fingerprint density at radius 3 is 1.96 bits per heavy atom. The number of hydrogen-bond donors (Lipinski definition) is 0. The maximum Gasteiger partial charge on any atom is 0.320 e. The molecule has 5 heteroatoms. The first-order valence-electron chi connectivity index (χ1n) is 10.1. The molecule has 4 aliphatic carbocycles. The quantitative estimate of drug-likeness (QED) is 0.294. The molecule has 0 N–H and O–H groups in total. The number of halogens is 1. The van der Waals surface area contributed by atoms with Gasteiger partial charge in [-0.3, -0.25) is 9.59 Å². The van der Waals surface area contributed by atoms with Gasteiger partial charge in [0.05, 0.1) is 0 Å². The summed E-state index contributed by atoms with van der Waals surface area (Å²) in [7, 11) is 0. The van der Waals surface area contributed by atoms with Crippen molar-refractivity contribution in [3.8, 4) is 0 Å². The lowest BCUT2D eigenvalue weighted by atomic mass is 9.53. The highest BCUT2D eigenvalue weighted by molar-refractivity contribution is 14.1. The third kappa shape index (κ3) is 3.11. The van der Waals surface area contributed by atoms with E-state index in [1.165, 1.54) is 20.8 Å². The Balaban J connectivity index is 0.000000135. The summed E-state index contributed by atoms with van der Waals surface area (Å²) in [4.78, 5) is 23.1. The molecule has 7 rings (SSSR count). The number of benzene rings is 2.